The van der Waals surface area contributed by atoms with Gasteiger partial charge in [0.25, 0.3) is 0 Å². The van der Waals surface area contributed by atoms with Crippen LogP contribution in [0.3, 0.4) is 0 Å². The molecule has 0 radical (unpaired) electrons. The molecular formula is C17H24F2N4O3. The molecule has 0 spiro atoms. The minimum atomic E-state index is -0.734. The van der Waals surface area contributed by atoms with E-state index in [2.05, 4.69) is 10.6 Å². The van der Waals surface area contributed by atoms with E-state index in [1.54, 1.807) is 0 Å². The number of carbonyl (C=O) groups excluding carboxylic acids is 3. The van der Waals surface area contributed by atoms with Gasteiger partial charge in [0, 0.05) is 38.2 Å². The van der Waals surface area contributed by atoms with Crippen molar-refractivity contribution in [1.29, 1.82) is 0 Å². The van der Waals surface area contributed by atoms with Crippen LogP contribution in [-0.2, 0) is 20.9 Å². The molecule has 0 fully saturated rings. The van der Waals surface area contributed by atoms with Gasteiger partial charge in [0.05, 0.1) is 13.1 Å². The second kappa shape index (κ2) is 10.4. The van der Waals surface area contributed by atoms with Gasteiger partial charge in [-0.1, -0.05) is 6.07 Å². The van der Waals surface area contributed by atoms with Crippen molar-refractivity contribution < 1.29 is 23.2 Å². The van der Waals surface area contributed by atoms with Crippen LogP contribution in [0.2, 0.25) is 0 Å². The molecule has 2 N–H and O–H groups in total. The number of nitrogens with zero attached hydrogens (tertiary/aromatic N) is 2. The highest BCUT2D eigenvalue weighted by molar-refractivity contribution is 5.87. The maximum Gasteiger partial charge on any atom is 0.242 e. The Morgan fingerprint density at radius 1 is 1.04 bits per heavy atom. The zero-order valence-corrected chi connectivity index (χ0v) is 15.1. The largest absolute Gasteiger partial charge is 0.347 e. The smallest absolute Gasteiger partial charge is 0.242 e. The third-order valence-electron chi connectivity index (χ3n) is 3.48. The van der Waals surface area contributed by atoms with Crippen molar-refractivity contribution in [2.75, 3.05) is 40.3 Å². The molecule has 0 bridgehead atoms. The summed E-state index contributed by atoms with van der Waals surface area (Å²) in [5, 5.41) is 4.73. The maximum absolute atomic E-state index is 13.9. The summed E-state index contributed by atoms with van der Waals surface area (Å²) >= 11 is 0. The number of benzene rings is 1. The predicted molar refractivity (Wildman–Crippen MR) is 92.0 cm³/mol. The van der Waals surface area contributed by atoms with Crippen LogP contribution in [0.15, 0.2) is 18.2 Å². The summed E-state index contributed by atoms with van der Waals surface area (Å²) in [5.74, 6) is -2.70. The number of rotatable bonds is 9. The van der Waals surface area contributed by atoms with Crippen LogP contribution < -0.4 is 10.6 Å². The Morgan fingerprint density at radius 3 is 2.31 bits per heavy atom. The first-order valence-corrected chi connectivity index (χ1v) is 8.06. The number of hydrogen-bond acceptors (Lipinski definition) is 4. The van der Waals surface area contributed by atoms with Gasteiger partial charge in [-0.25, -0.2) is 8.78 Å². The molecule has 26 heavy (non-hydrogen) atoms. The molecule has 0 saturated heterocycles. The fourth-order valence-electron chi connectivity index (χ4n) is 2.02. The van der Waals surface area contributed by atoms with E-state index in [0.717, 1.165) is 12.1 Å². The second-order valence-electron chi connectivity index (χ2n) is 6.04. The first-order chi connectivity index (χ1) is 12.2. The lowest BCUT2D eigenvalue weighted by atomic mass is 10.2. The molecule has 1 aromatic rings. The highest BCUT2D eigenvalue weighted by Gasteiger charge is 2.17. The molecule has 144 valence electrons. The molecule has 1 aromatic carbocycles. The van der Waals surface area contributed by atoms with E-state index in [4.69, 9.17) is 0 Å². The molecule has 0 heterocycles. The number of amides is 3. The summed E-state index contributed by atoms with van der Waals surface area (Å²) in [4.78, 5) is 38.0. The number of likely N-dealkylation sites (N-methyl/N-ethyl adjacent to an activating group) is 1. The fraction of sp³-hybridized carbons (Fsp3) is 0.471. The molecule has 0 unspecified atom stereocenters. The summed E-state index contributed by atoms with van der Waals surface area (Å²) in [5.41, 5.74) is 0.183. The van der Waals surface area contributed by atoms with Crippen LogP contribution in [0.25, 0.3) is 0 Å². The van der Waals surface area contributed by atoms with E-state index in [9.17, 15) is 23.2 Å². The quantitative estimate of drug-likeness (QED) is 0.646. The average molecular weight is 370 g/mol. The van der Waals surface area contributed by atoms with E-state index in [1.165, 1.54) is 17.9 Å². The van der Waals surface area contributed by atoms with Crippen molar-refractivity contribution in [2.24, 2.45) is 0 Å². The third-order valence-corrected chi connectivity index (χ3v) is 3.48. The molecule has 0 saturated carbocycles. The normalized spacial score (nSPS) is 10.5. The third kappa shape index (κ3) is 8.02. The van der Waals surface area contributed by atoms with E-state index < -0.39 is 23.4 Å². The lowest BCUT2D eigenvalue weighted by Gasteiger charge is -2.25. The highest BCUT2D eigenvalue weighted by Crippen LogP contribution is 2.12. The number of hydrogen-bond donors (Lipinski definition) is 2. The van der Waals surface area contributed by atoms with Crippen molar-refractivity contribution in [3.05, 3.63) is 35.4 Å². The summed E-state index contributed by atoms with van der Waals surface area (Å²) in [6.07, 6.45) is 0. The number of carbonyl (C=O) groups is 3. The van der Waals surface area contributed by atoms with Crippen molar-refractivity contribution in [2.45, 2.75) is 13.5 Å². The van der Waals surface area contributed by atoms with Crippen molar-refractivity contribution in [3.8, 4) is 0 Å². The summed E-state index contributed by atoms with van der Waals surface area (Å²) in [6, 6.07) is 3.18. The van der Waals surface area contributed by atoms with Gasteiger partial charge in [0.1, 0.15) is 11.6 Å². The minimum absolute atomic E-state index is 0.0413. The Kier molecular flexibility index (Phi) is 8.63. The van der Waals surface area contributed by atoms with Crippen molar-refractivity contribution in [1.82, 2.24) is 20.4 Å². The van der Waals surface area contributed by atoms with Crippen LogP contribution >= 0.6 is 0 Å². The standard InChI is InChI=1S/C17H24F2N4O3/c1-12(24)20-9-16(25)21-10-17(26)23(7-6-22(2)3)11-13-4-5-14(18)8-15(13)19/h4-5,8H,6-7,9-11H2,1-3H3,(H,20,24)(H,21,25). The van der Waals surface area contributed by atoms with Gasteiger partial charge in [0.2, 0.25) is 17.7 Å². The zero-order chi connectivity index (χ0) is 19.7. The first-order valence-electron chi connectivity index (χ1n) is 8.06. The lowest BCUT2D eigenvalue weighted by molar-refractivity contribution is -0.133. The average Bonchev–Trinajstić information content (AvgIpc) is 2.56. The van der Waals surface area contributed by atoms with E-state index >= 15 is 0 Å². The zero-order valence-electron chi connectivity index (χ0n) is 15.1. The highest BCUT2D eigenvalue weighted by atomic mass is 19.1. The van der Waals surface area contributed by atoms with Gasteiger partial charge in [-0.15, -0.1) is 0 Å². The topological polar surface area (TPSA) is 81.8 Å². The Labute approximate surface area is 151 Å². The van der Waals surface area contributed by atoms with Crippen molar-refractivity contribution >= 4 is 17.7 Å². The number of halogens is 2. The molecule has 0 aromatic heterocycles. The van der Waals surface area contributed by atoms with Crippen LogP contribution in [-0.4, -0.2) is 67.8 Å². The summed E-state index contributed by atoms with van der Waals surface area (Å²) < 4.78 is 26.9. The molecule has 0 atom stereocenters. The SMILES string of the molecule is CC(=O)NCC(=O)NCC(=O)N(CCN(C)C)Cc1ccc(F)cc1F. The molecule has 1 rings (SSSR count). The van der Waals surface area contributed by atoms with Gasteiger partial charge in [-0.3, -0.25) is 14.4 Å². The Bertz CT molecular complexity index is 653. The Balaban J connectivity index is 2.70. The number of nitrogens with one attached hydrogen (secondary N) is 2. The Morgan fingerprint density at radius 2 is 1.73 bits per heavy atom. The van der Waals surface area contributed by atoms with Crippen LogP contribution in [0.5, 0.6) is 0 Å². The fourth-order valence-corrected chi connectivity index (χ4v) is 2.02. The molecule has 7 nitrogen and oxygen atoms in total. The lowest BCUT2D eigenvalue weighted by Crippen LogP contribution is -2.44. The second-order valence-corrected chi connectivity index (χ2v) is 6.04. The maximum atomic E-state index is 13.9. The molecule has 0 aliphatic heterocycles. The Hall–Kier alpha value is -2.55. The molecular weight excluding hydrogens is 346 g/mol. The monoisotopic (exact) mass is 370 g/mol. The van der Waals surface area contributed by atoms with E-state index in [-0.39, 0.29) is 31.1 Å². The van der Waals surface area contributed by atoms with Crippen LogP contribution in [0, 0.1) is 11.6 Å². The van der Waals surface area contributed by atoms with Gasteiger partial charge >= 0.3 is 0 Å². The summed E-state index contributed by atoms with van der Waals surface area (Å²) in [7, 11) is 3.66. The van der Waals surface area contributed by atoms with Gasteiger partial charge in [-0.2, -0.15) is 0 Å². The molecule has 0 aliphatic carbocycles. The van der Waals surface area contributed by atoms with Gasteiger partial charge in [0.15, 0.2) is 0 Å². The van der Waals surface area contributed by atoms with Crippen LogP contribution in [0.4, 0.5) is 8.78 Å². The predicted octanol–water partition coefficient (Wildman–Crippen LogP) is 0.107. The van der Waals surface area contributed by atoms with Gasteiger partial charge in [-0.05, 0) is 20.2 Å². The minimum Gasteiger partial charge on any atom is -0.347 e. The van der Waals surface area contributed by atoms with E-state index in [0.29, 0.717) is 13.1 Å². The van der Waals surface area contributed by atoms with E-state index in [1.807, 2.05) is 19.0 Å². The molecule has 3 amide bonds. The first kappa shape index (κ1) is 21.5. The van der Waals surface area contributed by atoms with Crippen molar-refractivity contribution in [3.63, 3.8) is 0 Å². The summed E-state index contributed by atoms with van der Waals surface area (Å²) in [6.45, 7) is 1.57. The molecule has 0 aliphatic rings. The van der Waals surface area contributed by atoms with Crippen LogP contribution in [0.1, 0.15) is 12.5 Å². The van der Waals surface area contributed by atoms with Gasteiger partial charge < -0.3 is 20.4 Å². The molecule has 9 heteroatoms.